The number of ether oxygens (including phenoxy) is 1. The Morgan fingerprint density at radius 3 is 3.09 bits per heavy atom. The monoisotopic (exact) mass is 153 g/mol. The van der Waals surface area contributed by atoms with E-state index in [1.807, 2.05) is 0 Å². The standard InChI is InChI=1S/C8H11NO2/c1-11-8-6(4-5-9)2-3-7(8)10/h6,10H,2-4H2,1H3. The van der Waals surface area contributed by atoms with Crippen molar-refractivity contribution in [3.05, 3.63) is 11.5 Å². The van der Waals surface area contributed by atoms with E-state index in [1.165, 1.54) is 7.11 Å². The van der Waals surface area contributed by atoms with Gasteiger partial charge in [-0.2, -0.15) is 5.26 Å². The van der Waals surface area contributed by atoms with Crippen LogP contribution in [0, 0.1) is 17.2 Å². The molecule has 11 heavy (non-hydrogen) atoms. The van der Waals surface area contributed by atoms with E-state index in [0.29, 0.717) is 24.4 Å². The van der Waals surface area contributed by atoms with Crippen LogP contribution in [0.3, 0.4) is 0 Å². The van der Waals surface area contributed by atoms with Crippen molar-refractivity contribution in [3.8, 4) is 6.07 Å². The Morgan fingerprint density at radius 2 is 2.55 bits per heavy atom. The van der Waals surface area contributed by atoms with Gasteiger partial charge in [-0.25, -0.2) is 0 Å². The first-order valence-corrected chi connectivity index (χ1v) is 3.62. The molecule has 60 valence electrons. The first-order valence-electron chi connectivity index (χ1n) is 3.62. The summed E-state index contributed by atoms with van der Waals surface area (Å²) in [5.41, 5.74) is 0. The van der Waals surface area contributed by atoms with Gasteiger partial charge in [0.25, 0.3) is 0 Å². The summed E-state index contributed by atoms with van der Waals surface area (Å²) in [6.07, 6.45) is 1.92. The Morgan fingerprint density at radius 1 is 1.82 bits per heavy atom. The van der Waals surface area contributed by atoms with Crippen molar-refractivity contribution in [3.63, 3.8) is 0 Å². The fraction of sp³-hybridized carbons (Fsp3) is 0.625. The minimum Gasteiger partial charge on any atom is -0.509 e. The zero-order chi connectivity index (χ0) is 8.27. The minimum atomic E-state index is 0.116. The number of aliphatic hydroxyl groups is 1. The predicted octanol–water partition coefficient (Wildman–Crippen LogP) is 1.73. The lowest BCUT2D eigenvalue weighted by atomic mass is 10.1. The number of aliphatic hydroxyl groups excluding tert-OH is 1. The summed E-state index contributed by atoms with van der Waals surface area (Å²) in [5.74, 6) is 1.03. The van der Waals surface area contributed by atoms with Crippen LogP contribution in [0.4, 0.5) is 0 Å². The first-order chi connectivity index (χ1) is 5.29. The van der Waals surface area contributed by atoms with Gasteiger partial charge in [-0.3, -0.25) is 0 Å². The van der Waals surface area contributed by atoms with Crippen LogP contribution >= 0.6 is 0 Å². The number of hydrogen-bond acceptors (Lipinski definition) is 3. The molecule has 0 aliphatic heterocycles. The molecule has 0 heterocycles. The molecule has 3 heteroatoms. The van der Waals surface area contributed by atoms with Crippen LogP contribution in [0.2, 0.25) is 0 Å². The molecule has 1 rings (SSSR count). The van der Waals surface area contributed by atoms with Gasteiger partial charge in [-0.1, -0.05) is 0 Å². The quantitative estimate of drug-likeness (QED) is 0.657. The van der Waals surface area contributed by atoms with E-state index in [-0.39, 0.29) is 5.92 Å². The highest BCUT2D eigenvalue weighted by Gasteiger charge is 2.25. The van der Waals surface area contributed by atoms with Crippen LogP contribution in [0.25, 0.3) is 0 Å². The normalized spacial score (nSPS) is 23.5. The molecule has 0 amide bonds. The lowest BCUT2D eigenvalue weighted by molar-refractivity contribution is 0.229. The van der Waals surface area contributed by atoms with Crippen LogP contribution in [-0.4, -0.2) is 12.2 Å². The summed E-state index contributed by atoms with van der Waals surface area (Å²) in [7, 11) is 1.53. The SMILES string of the molecule is COC1=C(O)CCC1CC#N. The molecule has 0 fully saturated rings. The van der Waals surface area contributed by atoms with Crippen molar-refractivity contribution < 1.29 is 9.84 Å². The van der Waals surface area contributed by atoms with Crippen LogP contribution in [0.15, 0.2) is 11.5 Å². The van der Waals surface area contributed by atoms with Gasteiger partial charge in [-0.05, 0) is 6.42 Å². The number of allylic oxidation sites excluding steroid dienone is 2. The summed E-state index contributed by atoms with van der Waals surface area (Å²) in [5, 5.41) is 17.6. The molecule has 0 aromatic heterocycles. The average molecular weight is 153 g/mol. The van der Waals surface area contributed by atoms with E-state index in [0.717, 1.165) is 6.42 Å². The van der Waals surface area contributed by atoms with Gasteiger partial charge in [-0.15, -0.1) is 0 Å². The first kappa shape index (κ1) is 7.93. The maximum absolute atomic E-state index is 9.23. The topological polar surface area (TPSA) is 53.2 Å². The molecule has 1 unspecified atom stereocenters. The van der Waals surface area contributed by atoms with E-state index in [4.69, 9.17) is 10.00 Å². The summed E-state index contributed by atoms with van der Waals surface area (Å²) in [4.78, 5) is 0. The Labute approximate surface area is 65.9 Å². The van der Waals surface area contributed by atoms with Crippen LogP contribution < -0.4 is 0 Å². The molecular weight excluding hydrogens is 142 g/mol. The highest BCUT2D eigenvalue weighted by molar-refractivity contribution is 5.12. The molecule has 1 N–H and O–H groups in total. The molecule has 0 aromatic carbocycles. The Hall–Kier alpha value is -1.17. The van der Waals surface area contributed by atoms with Gasteiger partial charge in [0.1, 0.15) is 11.5 Å². The third-order valence-electron chi connectivity index (χ3n) is 1.94. The third-order valence-corrected chi connectivity index (χ3v) is 1.94. The molecule has 0 aromatic rings. The molecule has 1 aliphatic carbocycles. The highest BCUT2D eigenvalue weighted by atomic mass is 16.5. The molecule has 0 saturated heterocycles. The largest absolute Gasteiger partial charge is 0.509 e. The fourth-order valence-electron chi connectivity index (χ4n) is 1.39. The molecule has 0 spiro atoms. The van der Waals surface area contributed by atoms with Gasteiger partial charge < -0.3 is 9.84 Å². The van der Waals surface area contributed by atoms with Crippen LogP contribution in [-0.2, 0) is 4.74 Å². The van der Waals surface area contributed by atoms with Crippen molar-refractivity contribution in [2.45, 2.75) is 19.3 Å². The average Bonchev–Trinajstić information content (AvgIpc) is 2.33. The van der Waals surface area contributed by atoms with Crippen molar-refractivity contribution in [2.75, 3.05) is 7.11 Å². The Kier molecular flexibility index (Phi) is 2.37. The van der Waals surface area contributed by atoms with E-state index < -0.39 is 0 Å². The second-order valence-corrected chi connectivity index (χ2v) is 2.61. The third kappa shape index (κ3) is 1.45. The molecule has 3 nitrogen and oxygen atoms in total. The fourth-order valence-corrected chi connectivity index (χ4v) is 1.39. The highest BCUT2D eigenvalue weighted by Crippen LogP contribution is 2.32. The molecule has 1 aliphatic rings. The number of nitriles is 1. The van der Waals surface area contributed by atoms with Crippen LogP contribution in [0.1, 0.15) is 19.3 Å². The van der Waals surface area contributed by atoms with Gasteiger partial charge in [0, 0.05) is 18.8 Å². The summed E-state index contributed by atoms with van der Waals surface area (Å²) in [6.45, 7) is 0. The number of methoxy groups -OCH3 is 1. The molecule has 1 atom stereocenters. The van der Waals surface area contributed by atoms with E-state index in [9.17, 15) is 5.11 Å². The van der Waals surface area contributed by atoms with Gasteiger partial charge >= 0.3 is 0 Å². The van der Waals surface area contributed by atoms with Crippen molar-refractivity contribution in [2.24, 2.45) is 5.92 Å². The summed E-state index contributed by atoms with van der Waals surface area (Å²) < 4.78 is 4.97. The van der Waals surface area contributed by atoms with E-state index >= 15 is 0 Å². The molecular formula is C8H11NO2. The molecule has 0 radical (unpaired) electrons. The van der Waals surface area contributed by atoms with Crippen molar-refractivity contribution >= 4 is 0 Å². The lowest BCUT2D eigenvalue weighted by Gasteiger charge is -2.08. The number of hydrogen-bond donors (Lipinski definition) is 1. The smallest absolute Gasteiger partial charge is 0.137 e. The maximum atomic E-state index is 9.23. The number of nitrogens with zero attached hydrogens (tertiary/aromatic N) is 1. The van der Waals surface area contributed by atoms with Gasteiger partial charge in [0.2, 0.25) is 0 Å². The Bertz CT molecular complexity index is 215. The zero-order valence-electron chi connectivity index (χ0n) is 6.50. The Balaban J connectivity index is 2.66. The second kappa shape index (κ2) is 3.29. The van der Waals surface area contributed by atoms with Gasteiger partial charge in [0.05, 0.1) is 13.2 Å². The number of rotatable bonds is 2. The van der Waals surface area contributed by atoms with E-state index in [1.54, 1.807) is 0 Å². The second-order valence-electron chi connectivity index (χ2n) is 2.61. The molecule has 0 bridgehead atoms. The summed E-state index contributed by atoms with van der Waals surface area (Å²) >= 11 is 0. The summed E-state index contributed by atoms with van der Waals surface area (Å²) in [6, 6.07) is 2.07. The lowest BCUT2D eigenvalue weighted by Crippen LogP contribution is -2.00. The van der Waals surface area contributed by atoms with Crippen molar-refractivity contribution in [1.82, 2.24) is 0 Å². The maximum Gasteiger partial charge on any atom is 0.137 e. The predicted molar refractivity (Wildman–Crippen MR) is 39.6 cm³/mol. The zero-order valence-corrected chi connectivity index (χ0v) is 6.50. The minimum absolute atomic E-state index is 0.116. The van der Waals surface area contributed by atoms with Gasteiger partial charge in [0.15, 0.2) is 0 Å². The molecule has 0 saturated carbocycles. The van der Waals surface area contributed by atoms with Crippen molar-refractivity contribution in [1.29, 1.82) is 5.26 Å². The van der Waals surface area contributed by atoms with Crippen LogP contribution in [0.5, 0.6) is 0 Å². The van der Waals surface area contributed by atoms with E-state index in [2.05, 4.69) is 6.07 Å².